The molecule has 0 aromatic carbocycles. The minimum absolute atomic E-state index is 0.0709. The summed E-state index contributed by atoms with van der Waals surface area (Å²) in [6.07, 6.45) is 7.41. The second-order valence-electron chi connectivity index (χ2n) is 10.5. The molecule has 0 spiro atoms. The number of anilines is 1. The number of pyridine rings is 1. The van der Waals surface area contributed by atoms with Gasteiger partial charge in [0, 0.05) is 31.7 Å². The summed E-state index contributed by atoms with van der Waals surface area (Å²) in [7, 11) is 0. The molecule has 8 heteroatoms. The average Bonchev–Trinajstić information content (AvgIpc) is 3.09. The third-order valence-electron chi connectivity index (χ3n) is 7.46. The van der Waals surface area contributed by atoms with E-state index in [0.717, 1.165) is 56.6 Å². The molecule has 196 valence electrons. The fourth-order valence-electron chi connectivity index (χ4n) is 5.58. The number of amides is 1. The number of rotatable bonds is 9. The monoisotopic (exact) mass is 528 g/mol. The molecule has 3 rings (SSSR count). The Bertz CT molecular complexity index is 1120. The SMILES string of the molecule is CCCCC(CC)CN1C(=O)C(=Cc2c(C)c(C#N)c(=O)n(CC)c2N2CC(C)CC(C)C2)SC1=S. The largest absolute Gasteiger partial charge is 0.357 e. The summed E-state index contributed by atoms with van der Waals surface area (Å²) in [5, 5.41) is 9.82. The molecule has 2 fully saturated rings. The number of aromatic nitrogens is 1. The first kappa shape index (κ1) is 28.5. The molecule has 3 atom stereocenters. The van der Waals surface area contributed by atoms with Gasteiger partial charge in [-0.1, -0.05) is 70.9 Å². The van der Waals surface area contributed by atoms with Crippen molar-refractivity contribution in [2.24, 2.45) is 17.8 Å². The van der Waals surface area contributed by atoms with E-state index in [4.69, 9.17) is 12.2 Å². The highest BCUT2D eigenvalue weighted by molar-refractivity contribution is 8.26. The molecule has 0 aliphatic carbocycles. The second-order valence-corrected chi connectivity index (χ2v) is 12.1. The molecule has 1 aromatic heterocycles. The van der Waals surface area contributed by atoms with Crippen LogP contribution in [0.25, 0.3) is 6.08 Å². The fourth-order valence-corrected chi connectivity index (χ4v) is 6.83. The Balaban J connectivity index is 2.10. The number of nitriles is 1. The Labute approximate surface area is 225 Å². The van der Waals surface area contributed by atoms with Crippen molar-refractivity contribution in [3.63, 3.8) is 0 Å². The Hall–Kier alpha value is -2.11. The summed E-state index contributed by atoms with van der Waals surface area (Å²) in [4.78, 5) is 31.4. The number of unbranched alkanes of at least 4 members (excludes halogenated alkanes) is 1. The smallest absolute Gasteiger partial charge is 0.270 e. The van der Waals surface area contributed by atoms with Gasteiger partial charge >= 0.3 is 0 Å². The fraction of sp³-hybridized carbons (Fsp3) is 0.643. The molecule has 0 bridgehead atoms. The van der Waals surface area contributed by atoms with Gasteiger partial charge in [-0.2, -0.15) is 5.26 Å². The standard InChI is InChI=1S/C28H40N4O2S2/c1-7-10-11-21(8-2)17-32-27(34)24(36-28(32)35)13-22-20(6)23(14-29)26(33)31(9-3)25(22)30-15-18(4)12-19(5)16-30/h13,18-19,21H,7-12,15-17H2,1-6H3. The topological polar surface area (TPSA) is 69.3 Å². The van der Waals surface area contributed by atoms with Crippen molar-refractivity contribution in [3.8, 4) is 6.07 Å². The first-order valence-corrected chi connectivity index (χ1v) is 14.6. The zero-order valence-electron chi connectivity index (χ0n) is 22.6. The highest BCUT2D eigenvalue weighted by Gasteiger charge is 2.35. The van der Waals surface area contributed by atoms with Gasteiger partial charge in [-0.25, -0.2) is 0 Å². The lowest BCUT2D eigenvalue weighted by atomic mass is 9.91. The van der Waals surface area contributed by atoms with Gasteiger partial charge in [0.1, 0.15) is 21.8 Å². The average molecular weight is 529 g/mol. The van der Waals surface area contributed by atoms with Gasteiger partial charge in [0.15, 0.2) is 0 Å². The van der Waals surface area contributed by atoms with Gasteiger partial charge < -0.3 is 4.90 Å². The van der Waals surface area contributed by atoms with Crippen molar-refractivity contribution in [3.05, 3.63) is 31.9 Å². The molecule has 2 aliphatic heterocycles. The summed E-state index contributed by atoms with van der Waals surface area (Å²) < 4.78 is 2.30. The highest BCUT2D eigenvalue weighted by Crippen LogP contribution is 2.38. The zero-order valence-corrected chi connectivity index (χ0v) is 24.2. The maximum absolute atomic E-state index is 13.5. The molecular formula is C28H40N4O2S2. The van der Waals surface area contributed by atoms with Crippen molar-refractivity contribution in [1.82, 2.24) is 9.47 Å². The van der Waals surface area contributed by atoms with Gasteiger partial charge in [0.05, 0.1) is 4.91 Å². The van der Waals surface area contributed by atoms with Crippen LogP contribution in [0.5, 0.6) is 0 Å². The van der Waals surface area contributed by atoms with Gasteiger partial charge in [-0.3, -0.25) is 19.1 Å². The quantitative estimate of drug-likeness (QED) is 0.291. The summed E-state index contributed by atoms with van der Waals surface area (Å²) in [6, 6.07) is 2.12. The predicted molar refractivity (Wildman–Crippen MR) is 154 cm³/mol. The normalized spacial score (nSPS) is 22.4. The number of piperidine rings is 1. The Morgan fingerprint density at radius 3 is 2.42 bits per heavy atom. The van der Waals surface area contributed by atoms with Crippen molar-refractivity contribution in [1.29, 1.82) is 5.26 Å². The van der Waals surface area contributed by atoms with Crippen LogP contribution in [-0.2, 0) is 11.3 Å². The third kappa shape index (κ3) is 5.89. The highest BCUT2D eigenvalue weighted by atomic mass is 32.2. The van der Waals surface area contributed by atoms with Gasteiger partial charge in [-0.15, -0.1) is 0 Å². The zero-order chi connectivity index (χ0) is 26.6. The molecule has 3 unspecified atom stereocenters. The molecule has 36 heavy (non-hydrogen) atoms. The number of thioether (sulfide) groups is 1. The van der Waals surface area contributed by atoms with Gasteiger partial charge in [-0.05, 0) is 56.1 Å². The van der Waals surface area contributed by atoms with Crippen molar-refractivity contribution < 1.29 is 4.79 Å². The van der Waals surface area contributed by atoms with E-state index in [-0.39, 0.29) is 17.0 Å². The Morgan fingerprint density at radius 2 is 1.86 bits per heavy atom. The Kier molecular flexibility index (Phi) is 9.82. The summed E-state index contributed by atoms with van der Waals surface area (Å²) in [5.41, 5.74) is 1.30. The molecule has 0 saturated carbocycles. The van der Waals surface area contributed by atoms with E-state index in [0.29, 0.717) is 45.6 Å². The molecule has 0 N–H and O–H groups in total. The summed E-state index contributed by atoms with van der Waals surface area (Å²) in [6.45, 7) is 15.4. The van der Waals surface area contributed by atoms with Crippen molar-refractivity contribution >= 4 is 46.1 Å². The van der Waals surface area contributed by atoms with Crippen LogP contribution >= 0.6 is 24.0 Å². The van der Waals surface area contributed by atoms with Crippen LogP contribution in [-0.4, -0.2) is 39.3 Å². The maximum atomic E-state index is 13.5. The number of carbonyl (C=O) groups excluding carboxylic acids is 1. The van der Waals surface area contributed by atoms with E-state index in [1.807, 2.05) is 19.9 Å². The predicted octanol–water partition coefficient (Wildman–Crippen LogP) is 5.95. The number of hydrogen-bond donors (Lipinski definition) is 0. The third-order valence-corrected chi connectivity index (χ3v) is 8.84. The molecule has 2 saturated heterocycles. The lowest BCUT2D eigenvalue weighted by molar-refractivity contribution is -0.122. The maximum Gasteiger partial charge on any atom is 0.270 e. The first-order valence-electron chi connectivity index (χ1n) is 13.3. The molecule has 1 aromatic rings. The molecule has 3 heterocycles. The van der Waals surface area contributed by atoms with Crippen LogP contribution in [0.15, 0.2) is 9.70 Å². The van der Waals surface area contributed by atoms with Crippen molar-refractivity contribution in [2.75, 3.05) is 24.5 Å². The van der Waals surface area contributed by atoms with Gasteiger partial charge in [0.25, 0.3) is 11.5 Å². The van der Waals surface area contributed by atoms with Crippen LogP contribution in [0.1, 0.15) is 83.4 Å². The molecule has 0 radical (unpaired) electrons. The second kappa shape index (κ2) is 12.4. The number of nitrogens with zero attached hydrogens (tertiary/aromatic N) is 4. The minimum Gasteiger partial charge on any atom is -0.357 e. The lowest BCUT2D eigenvalue weighted by Gasteiger charge is -2.38. The molecule has 6 nitrogen and oxygen atoms in total. The van der Waals surface area contributed by atoms with E-state index in [1.54, 1.807) is 9.47 Å². The number of carbonyl (C=O) groups is 1. The molecule has 2 aliphatic rings. The van der Waals surface area contributed by atoms with E-state index >= 15 is 0 Å². The first-order chi connectivity index (χ1) is 17.2. The molecule has 1 amide bonds. The molecular weight excluding hydrogens is 488 g/mol. The van der Waals surface area contributed by atoms with E-state index in [1.165, 1.54) is 11.8 Å². The van der Waals surface area contributed by atoms with E-state index < -0.39 is 0 Å². The van der Waals surface area contributed by atoms with Crippen LogP contribution in [0.3, 0.4) is 0 Å². The summed E-state index contributed by atoms with van der Waals surface area (Å²) in [5.74, 6) is 2.15. The lowest BCUT2D eigenvalue weighted by Crippen LogP contribution is -2.42. The number of thiocarbonyl (C=S) groups is 1. The van der Waals surface area contributed by atoms with E-state index in [9.17, 15) is 14.9 Å². The van der Waals surface area contributed by atoms with Crippen LogP contribution in [0, 0.1) is 36.0 Å². The van der Waals surface area contributed by atoms with Crippen molar-refractivity contribution in [2.45, 2.75) is 80.2 Å². The number of hydrogen-bond acceptors (Lipinski definition) is 6. The minimum atomic E-state index is -0.259. The van der Waals surface area contributed by atoms with Gasteiger partial charge in [0.2, 0.25) is 0 Å². The van der Waals surface area contributed by atoms with Crippen LogP contribution in [0.4, 0.5) is 5.82 Å². The summed E-state index contributed by atoms with van der Waals surface area (Å²) >= 11 is 6.97. The van der Waals surface area contributed by atoms with E-state index in [2.05, 4.69) is 38.7 Å². The van der Waals surface area contributed by atoms with Crippen LogP contribution < -0.4 is 10.5 Å². The Morgan fingerprint density at radius 1 is 1.19 bits per heavy atom. The van der Waals surface area contributed by atoms with Crippen LogP contribution in [0.2, 0.25) is 0 Å².